The molecule has 0 unspecified atom stereocenters. The van der Waals surface area contributed by atoms with Gasteiger partial charge in [-0.2, -0.15) is 0 Å². The molecule has 2 fully saturated rings. The van der Waals surface area contributed by atoms with Crippen LogP contribution in [-0.2, 0) is 12.8 Å². The van der Waals surface area contributed by atoms with Gasteiger partial charge in [0.2, 0.25) is 0 Å². The lowest BCUT2D eigenvalue weighted by Crippen LogP contribution is -2.15. The van der Waals surface area contributed by atoms with Crippen molar-refractivity contribution in [1.82, 2.24) is 0 Å². The van der Waals surface area contributed by atoms with Crippen LogP contribution in [0.1, 0.15) is 128 Å². The van der Waals surface area contributed by atoms with Gasteiger partial charge in [-0.05, 0) is 66.5 Å². The molecule has 0 spiro atoms. The molecule has 0 heterocycles. The van der Waals surface area contributed by atoms with Gasteiger partial charge in [0.1, 0.15) is 5.82 Å². The largest absolute Gasteiger partial charge is 0.207 e. The second-order valence-electron chi connectivity index (χ2n) is 11.1. The van der Waals surface area contributed by atoms with Crippen LogP contribution in [0, 0.1) is 29.5 Å². The van der Waals surface area contributed by atoms with E-state index in [1.165, 1.54) is 108 Å². The minimum Gasteiger partial charge on any atom is -0.207 e. The summed E-state index contributed by atoms with van der Waals surface area (Å²) in [4.78, 5) is 0. The van der Waals surface area contributed by atoms with Gasteiger partial charge in [0.15, 0.2) is 0 Å². The number of aryl methyl sites for hydroxylation is 2. The Morgan fingerprint density at radius 2 is 1.19 bits per heavy atom. The standard InChI is InChI=1S/C30H49F/c1-3-5-6-8-25-11-15-26(16-12-25)17-18-28-20-22-29(30(31)23-28)21-19-27-13-9-24(7-4-2)10-14-27/h20,22-27H,3-19,21H2,1-2H3/t24-,25-,26-,27-. The van der Waals surface area contributed by atoms with Crippen LogP contribution in [0.25, 0.3) is 0 Å². The van der Waals surface area contributed by atoms with Crippen molar-refractivity contribution >= 4 is 0 Å². The maximum absolute atomic E-state index is 14.7. The van der Waals surface area contributed by atoms with E-state index >= 15 is 0 Å². The number of halogens is 1. The molecular weight excluding hydrogens is 379 g/mol. The van der Waals surface area contributed by atoms with Crippen LogP contribution < -0.4 is 0 Å². The summed E-state index contributed by atoms with van der Waals surface area (Å²) in [6, 6.07) is 6.16. The van der Waals surface area contributed by atoms with E-state index in [0.29, 0.717) is 0 Å². The van der Waals surface area contributed by atoms with E-state index in [1.54, 1.807) is 0 Å². The first kappa shape index (κ1) is 24.8. The van der Waals surface area contributed by atoms with Crippen LogP contribution in [0.4, 0.5) is 4.39 Å². The fourth-order valence-corrected chi connectivity index (χ4v) is 6.39. The third kappa shape index (κ3) is 8.54. The molecule has 0 aromatic heterocycles. The fraction of sp³-hybridized carbons (Fsp3) is 0.800. The lowest BCUT2D eigenvalue weighted by molar-refractivity contribution is 0.249. The first-order chi connectivity index (χ1) is 15.2. The van der Waals surface area contributed by atoms with Gasteiger partial charge < -0.3 is 0 Å². The van der Waals surface area contributed by atoms with Gasteiger partial charge >= 0.3 is 0 Å². The highest BCUT2D eigenvalue weighted by molar-refractivity contribution is 5.25. The van der Waals surface area contributed by atoms with Gasteiger partial charge in [-0.3, -0.25) is 0 Å². The smallest absolute Gasteiger partial charge is 0.126 e. The summed E-state index contributed by atoms with van der Waals surface area (Å²) >= 11 is 0. The van der Waals surface area contributed by atoms with Gasteiger partial charge in [0.05, 0.1) is 0 Å². The van der Waals surface area contributed by atoms with Crippen LogP contribution in [-0.4, -0.2) is 0 Å². The van der Waals surface area contributed by atoms with E-state index in [-0.39, 0.29) is 5.82 Å². The third-order valence-corrected chi connectivity index (χ3v) is 8.63. The predicted octanol–water partition coefficient (Wildman–Crippen LogP) is 9.68. The Balaban J connectivity index is 1.34. The predicted molar refractivity (Wildman–Crippen MR) is 133 cm³/mol. The Labute approximate surface area is 192 Å². The number of unbranched alkanes of at least 4 members (excludes halogenated alkanes) is 2. The van der Waals surface area contributed by atoms with Crippen molar-refractivity contribution in [3.05, 3.63) is 35.1 Å². The second kappa shape index (κ2) is 13.6. The highest BCUT2D eigenvalue weighted by Crippen LogP contribution is 2.35. The Hall–Kier alpha value is -0.850. The number of hydrogen-bond acceptors (Lipinski definition) is 0. The summed E-state index contributed by atoms with van der Waals surface area (Å²) < 4.78 is 14.7. The summed E-state index contributed by atoms with van der Waals surface area (Å²) in [6.45, 7) is 4.60. The lowest BCUT2D eigenvalue weighted by Gasteiger charge is -2.28. The zero-order valence-electron chi connectivity index (χ0n) is 20.6. The summed E-state index contributed by atoms with van der Waals surface area (Å²) in [6.07, 6.45) is 24.0. The Bertz CT molecular complexity index is 605. The van der Waals surface area contributed by atoms with Crippen LogP contribution in [0.2, 0.25) is 0 Å². The Morgan fingerprint density at radius 1 is 0.645 bits per heavy atom. The maximum atomic E-state index is 14.7. The molecule has 176 valence electrons. The maximum Gasteiger partial charge on any atom is 0.126 e. The zero-order chi connectivity index (χ0) is 21.9. The fourth-order valence-electron chi connectivity index (χ4n) is 6.39. The molecule has 0 saturated heterocycles. The van der Waals surface area contributed by atoms with Gasteiger partial charge in [-0.1, -0.05) is 116 Å². The molecule has 1 aromatic carbocycles. The summed E-state index contributed by atoms with van der Waals surface area (Å²) in [5.41, 5.74) is 2.17. The highest BCUT2D eigenvalue weighted by Gasteiger charge is 2.22. The molecule has 0 aliphatic heterocycles. The molecule has 0 radical (unpaired) electrons. The summed E-state index contributed by atoms with van der Waals surface area (Å²) in [7, 11) is 0. The van der Waals surface area contributed by atoms with Gasteiger partial charge in [0, 0.05) is 0 Å². The molecule has 3 rings (SSSR count). The highest BCUT2D eigenvalue weighted by atomic mass is 19.1. The minimum absolute atomic E-state index is 0.0526. The van der Waals surface area contributed by atoms with E-state index in [9.17, 15) is 4.39 Å². The molecule has 0 amide bonds. The molecule has 0 N–H and O–H groups in total. The van der Waals surface area contributed by atoms with E-state index in [1.807, 2.05) is 6.07 Å². The van der Waals surface area contributed by atoms with E-state index < -0.39 is 0 Å². The van der Waals surface area contributed by atoms with Gasteiger partial charge in [0.25, 0.3) is 0 Å². The van der Waals surface area contributed by atoms with Crippen molar-refractivity contribution in [1.29, 1.82) is 0 Å². The van der Waals surface area contributed by atoms with E-state index in [0.717, 1.165) is 42.1 Å². The average molecular weight is 429 g/mol. The molecule has 31 heavy (non-hydrogen) atoms. The van der Waals surface area contributed by atoms with Crippen LogP contribution in [0.3, 0.4) is 0 Å². The van der Waals surface area contributed by atoms with Crippen molar-refractivity contribution in [2.75, 3.05) is 0 Å². The van der Waals surface area contributed by atoms with Gasteiger partial charge in [-0.15, -0.1) is 0 Å². The molecule has 2 aliphatic carbocycles. The van der Waals surface area contributed by atoms with E-state index in [4.69, 9.17) is 0 Å². The normalized spacial score (nSPS) is 26.8. The second-order valence-corrected chi connectivity index (χ2v) is 11.1. The SMILES string of the molecule is CCCCC[C@H]1CC[C@H](CCc2ccc(CC[C@H]3CC[C@H](CCC)CC3)c(F)c2)CC1. The summed E-state index contributed by atoms with van der Waals surface area (Å²) in [5, 5.41) is 0. The van der Waals surface area contributed by atoms with Crippen LogP contribution in [0.15, 0.2) is 18.2 Å². The lowest BCUT2D eigenvalue weighted by atomic mass is 9.77. The number of benzene rings is 1. The average Bonchev–Trinajstić information content (AvgIpc) is 2.79. The first-order valence-corrected chi connectivity index (χ1v) is 13.9. The van der Waals surface area contributed by atoms with Crippen molar-refractivity contribution in [3.63, 3.8) is 0 Å². The van der Waals surface area contributed by atoms with Crippen molar-refractivity contribution < 1.29 is 4.39 Å². The molecule has 2 aliphatic rings. The number of rotatable bonds is 12. The zero-order valence-corrected chi connectivity index (χ0v) is 20.6. The summed E-state index contributed by atoms with van der Waals surface area (Å²) in [5.74, 6) is 3.70. The van der Waals surface area contributed by atoms with Crippen LogP contribution in [0.5, 0.6) is 0 Å². The van der Waals surface area contributed by atoms with Crippen molar-refractivity contribution in [2.24, 2.45) is 23.7 Å². The molecule has 0 atom stereocenters. The molecule has 0 bridgehead atoms. The number of hydrogen-bond donors (Lipinski definition) is 0. The first-order valence-electron chi connectivity index (χ1n) is 13.9. The topological polar surface area (TPSA) is 0 Å². The molecule has 1 heteroatoms. The Kier molecular flexibility index (Phi) is 10.9. The molecular formula is C30H49F. The third-order valence-electron chi connectivity index (χ3n) is 8.63. The quantitative estimate of drug-likeness (QED) is 0.291. The molecule has 0 nitrogen and oxygen atoms in total. The molecule has 1 aromatic rings. The van der Waals surface area contributed by atoms with Crippen molar-refractivity contribution in [3.8, 4) is 0 Å². The van der Waals surface area contributed by atoms with Gasteiger partial charge in [-0.25, -0.2) is 4.39 Å². The monoisotopic (exact) mass is 428 g/mol. The van der Waals surface area contributed by atoms with Crippen molar-refractivity contribution in [2.45, 2.75) is 129 Å². The minimum atomic E-state index is 0.0526. The van der Waals surface area contributed by atoms with E-state index in [2.05, 4.69) is 26.0 Å². The van der Waals surface area contributed by atoms with Crippen LogP contribution >= 0.6 is 0 Å². The Morgan fingerprint density at radius 3 is 1.74 bits per heavy atom. The molecule has 2 saturated carbocycles.